The number of quaternary nitrogens is 1. The van der Waals surface area contributed by atoms with Gasteiger partial charge in [0.25, 0.3) is 5.91 Å². The van der Waals surface area contributed by atoms with Crippen LogP contribution in [0.4, 0.5) is 0 Å². The minimum atomic E-state index is -0.156. The zero-order valence-electron chi connectivity index (χ0n) is 16.5. The Balaban J connectivity index is 2.68. The fourth-order valence-corrected chi connectivity index (χ4v) is 2.91. The van der Waals surface area contributed by atoms with Crippen LogP contribution >= 0.6 is 0 Å². The van der Waals surface area contributed by atoms with E-state index in [1.54, 1.807) is 14.1 Å². The quantitative estimate of drug-likeness (QED) is 0.707. The van der Waals surface area contributed by atoms with E-state index < -0.39 is 0 Å². The third-order valence-electron chi connectivity index (χ3n) is 4.36. The molecular weight excluding hydrogens is 314 g/mol. The molecule has 0 spiro atoms. The molecule has 1 rings (SSSR count). The smallest absolute Gasteiger partial charge is 0.277 e. The summed E-state index contributed by atoms with van der Waals surface area (Å²) in [5, 5.41) is 4.61. The van der Waals surface area contributed by atoms with Crippen LogP contribution in [0.15, 0.2) is 24.3 Å². The van der Waals surface area contributed by atoms with Crippen molar-refractivity contribution in [1.82, 2.24) is 10.2 Å². The van der Waals surface area contributed by atoms with Crippen molar-refractivity contribution in [1.29, 1.82) is 0 Å². The van der Waals surface area contributed by atoms with E-state index >= 15 is 0 Å². The van der Waals surface area contributed by atoms with Gasteiger partial charge in [-0.15, -0.1) is 0 Å². The van der Waals surface area contributed by atoms with Gasteiger partial charge in [-0.25, -0.2) is 0 Å². The highest BCUT2D eigenvalue weighted by molar-refractivity contribution is 5.84. The normalized spacial score (nSPS) is 12.3. The monoisotopic (exact) mass is 348 g/mol. The fourth-order valence-electron chi connectivity index (χ4n) is 2.91. The van der Waals surface area contributed by atoms with E-state index in [0.29, 0.717) is 18.4 Å². The topological polar surface area (TPSA) is 66.0 Å². The first-order chi connectivity index (χ1) is 11.7. The summed E-state index contributed by atoms with van der Waals surface area (Å²) in [6.45, 7) is 9.21. The van der Waals surface area contributed by atoms with E-state index in [0.717, 1.165) is 6.42 Å². The highest BCUT2D eigenvalue weighted by atomic mass is 16.2. The van der Waals surface area contributed by atoms with E-state index in [1.165, 1.54) is 16.0 Å². The number of nitrogens with two attached hydrogens (primary N) is 1. The lowest BCUT2D eigenvalue weighted by Gasteiger charge is -2.22. The maximum Gasteiger partial charge on any atom is 0.277 e. The first kappa shape index (κ1) is 21.2. The van der Waals surface area contributed by atoms with Crippen molar-refractivity contribution in [2.45, 2.75) is 40.2 Å². The average molecular weight is 349 g/mol. The molecule has 5 heteroatoms. The number of carbonyl (C=O) groups excluding carboxylic acids is 2. The zero-order chi connectivity index (χ0) is 19.0. The number of nitrogens with one attached hydrogen (secondary N) is 1. The van der Waals surface area contributed by atoms with Crippen LogP contribution in [0.2, 0.25) is 0 Å². The third-order valence-corrected chi connectivity index (χ3v) is 4.36. The van der Waals surface area contributed by atoms with Gasteiger partial charge in [-0.1, -0.05) is 52.0 Å². The van der Waals surface area contributed by atoms with Gasteiger partial charge in [0.15, 0.2) is 6.54 Å². The number of carbonyl (C=O) groups is 2. The SMILES string of the molecule is CNC(=O)CN(C)C(=O)C[NH2+][C@@H](c1ccc(CC(C)C)cc1)C(C)C. The first-order valence-electron chi connectivity index (χ1n) is 9.11. The van der Waals surface area contributed by atoms with Gasteiger partial charge in [0.1, 0.15) is 6.04 Å². The molecule has 0 saturated carbocycles. The molecule has 5 nitrogen and oxygen atoms in total. The molecule has 0 unspecified atom stereocenters. The molecule has 0 aromatic heterocycles. The number of amides is 2. The van der Waals surface area contributed by atoms with Crippen molar-refractivity contribution in [3.8, 4) is 0 Å². The van der Waals surface area contributed by atoms with Gasteiger partial charge in [-0.3, -0.25) is 9.59 Å². The molecule has 140 valence electrons. The number of hydrogen-bond acceptors (Lipinski definition) is 2. The minimum Gasteiger partial charge on any atom is -0.358 e. The molecule has 0 radical (unpaired) electrons. The van der Waals surface area contributed by atoms with Crippen LogP contribution in [0.3, 0.4) is 0 Å². The summed E-state index contributed by atoms with van der Waals surface area (Å²) < 4.78 is 0. The predicted octanol–water partition coefficient (Wildman–Crippen LogP) is 1.35. The number of rotatable bonds is 9. The van der Waals surface area contributed by atoms with Crippen LogP contribution in [0.1, 0.15) is 44.9 Å². The zero-order valence-corrected chi connectivity index (χ0v) is 16.5. The van der Waals surface area contributed by atoms with Gasteiger partial charge in [0.05, 0.1) is 6.54 Å². The predicted molar refractivity (Wildman–Crippen MR) is 101 cm³/mol. The number of likely N-dealkylation sites (N-methyl/N-ethyl adjacent to an activating group) is 2. The van der Waals surface area contributed by atoms with Crippen molar-refractivity contribution in [3.63, 3.8) is 0 Å². The van der Waals surface area contributed by atoms with Crippen LogP contribution in [0, 0.1) is 11.8 Å². The van der Waals surface area contributed by atoms with Gasteiger partial charge in [-0.05, 0) is 17.9 Å². The lowest BCUT2D eigenvalue weighted by atomic mass is 9.93. The lowest BCUT2D eigenvalue weighted by Crippen LogP contribution is -2.88. The van der Waals surface area contributed by atoms with Crippen molar-refractivity contribution in [2.75, 3.05) is 27.2 Å². The van der Waals surface area contributed by atoms with E-state index in [-0.39, 0.29) is 24.4 Å². The summed E-state index contributed by atoms with van der Waals surface area (Å²) >= 11 is 0. The van der Waals surface area contributed by atoms with Crippen LogP contribution in [0.5, 0.6) is 0 Å². The Hall–Kier alpha value is -1.88. The minimum absolute atomic E-state index is 0.0364. The summed E-state index contributed by atoms with van der Waals surface area (Å²) in [6, 6.07) is 8.97. The molecule has 1 aromatic carbocycles. The van der Waals surface area contributed by atoms with Gasteiger partial charge in [0.2, 0.25) is 5.91 Å². The van der Waals surface area contributed by atoms with E-state index in [2.05, 4.69) is 62.6 Å². The Bertz CT molecular complexity index is 553. The van der Waals surface area contributed by atoms with Crippen molar-refractivity contribution in [2.24, 2.45) is 11.8 Å². The Morgan fingerprint density at radius 2 is 1.72 bits per heavy atom. The third kappa shape index (κ3) is 7.26. The second kappa shape index (κ2) is 10.2. The van der Waals surface area contributed by atoms with Crippen LogP contribution < -0.4 is 10.6 Å². The van der Waals surface area contributed by atoms with Crippen molar-refractivity contribution >= 4 is 11.8 Å². The maximum atomic E-state index is 12.2. The molecule has 0 heterocycles. The second-order valence-electron chi connectivity index (χ2n) is 7.47. The molecule has 25 heavy (non-hydrogen) atoms. The van der Waals surface area contributed by atoms with Crippen molar-refractivity contribution in [3.05, 3.63) is 35.4 Å². The summed E-state index contributed by atoms with van der Waals surface area (Å²) in [6.07, 6.45) is 1.08. The van der Waals surface area contributed by atoms with Gasteiger partial charge in [-0.2, -0.15) is 0 Å². The second-order valence-corrected chi connectivity index (χ2v) is 7.47. The molecule has 0 bridgehead atoms. The Morgan fingerprint density at radius 3 is 2.20 bits per heavy atom. The number of nitrogens with zero attached hydrogens (tertiary/aromatic N) is 1. The standard InChI is InChI=1S/C20H33N3O2/c1-14(2)11-16-7-9-17(10-8-16)20(15(3)4)22-12-19(25)23(6)13-18(24)21-5/h7-10,14-15,20,22H,11-13H2,1-6H3,(H,21,24)/p+1/t20-/m1/s1. The highest BCUT2D eigenvalue weighted by Crippen LogP contribution is 2.19. The molecule has 0 fully saturated rings. The molecule has 2 amide bonds. The van der Waals surface area contributed by atoms with Gasteiger partial charge >= 0.3 is 0 Å². The first-order valence-corrected chi connectivity index (χ1v) is 9.11. The summed E-state index contributed by atoms with van der Waals surface area (Å²) in [5.41, 5.74) is 2.59. The Morgan fingerprint density at radius 1 is 1.12 bits per heavy atom. The fraction of sp³-hybridized carbons (Fsp3) is 0.600. The summed E-state index contributed by atoms with van der Waals surface area (Å²) in [5.74, 6) is 0.863. The molecule has 0 aliphatic heterocycles. The van der Waals surface area contributed by atoms with Crippen molar-refractivity contribution < 1.29 is 14.9 Å². The largest absolute Gasteiger partial charge is 0.358 e. The molecule has 0 saturated heterocycles. The molecule has 0 aliphatic carbocycles. The van der Waals surface area contributed by atoms with E-state index in [9.17, 15) is 9.59 Å². The molecule has 3 N–H and O–H groups in total. The average Bonchev–Trinajstić information content (AvgIpc) is 2.55. The van der Waals surface area contributed by atoms with Gasteiger partial charge in [0, 0.05) is 25.6 Å². The van der Waals surface area contributed by atoms with Gasteiger partial charge < -0.3 is 15.5 Å². The molecule has 0 aliphatic rings. The van der Waals surface area contributed by atoms with E-state index in [4.69, 9.17) is 0 Å². The van der Waals surface area contributed by atoms with Crippen LogP contribution in [-0.4, -0.2) is 43.9 Å². The number of benzene rings is 1. The summed E-state index contributed by atoms with van der Waals surface area (Å²) in [7, 11) is 3.24. The number of hydrogen-bond donors (Lipinski definition) is 2. The lowest BCUT2D eigenvalue weighted by molar-refractivity contribution is -0.692. The molecule has 1 aromatic rings. The maximum absolute atomic E-state index is 12.2. The molecular formula is C20H34N3O2+. The Kier molecular flexibility index (Phi) is 8.62. The van der Waals surface area contributed by atoms with Crippen LogP contribution in [-0.2, 0) is 16.0 Å². The molecule has 1 atom stereocenters. The highest BCUT2D eigenvalue weighted by Gasteiger charge is 2.22. The summed E-state index contributed by atoms with van der Waals surface area (Å²) in [4.78, 5) is 25.1. The Labute approximate surface area is 152 Å². The van der Waals surface area contributed by atoms with Crippen LogP contribution in [0.25, 0.3) is 0 Å². The van der Waals surface area contributed by atoms with E-state index in [1.807, 2.05) is 0 Å².